The molecule has 5 aromatic carbocycles. The largest absolute Gasteiger partial charge is 0.353 e. The van der Waals surface area contributed by atoms with Gasteiger partial charge in [0.25, 0.3) is 0 Å². The second-order valence-corrected chi connectivity index (χ2v) is 15.0. The Bertz CT molecular complexity index is 2780. The van der Waals surface area contributed by atoms with Gasteiger partial charge < -0.3 is 14.1 Å². The van der Waals surface area contributed by atoms with E-state index in [-0.39, 0.29) is 0 Å². The molecule has 11 aromatic rings. The molecule has 11 rings (SSSR count). The molecule has 6 nitrogen and oxygen atoms in total. The number of H-pyrrole nitrogens is 1. The van der Waals surface area contributed by atoms with Crippen molar-refractivity contribution < 1.29 is 12.8 Å². The standard InChI is InChI=1S/C28H18N4.C11H8N2.C6H4I2.Cu.HI/c1-3-12-23-21(10-1)27-25(14-6-16-29-27)31(23)19-8-5-9-20(18-19)32-24-13-4-2-11-22(24)28-26(32)15-7-17-30-28;1-2-5-9-8(4-1)11-10(13-9)6-3-7-12-11;7-5-2-1-3-6(8)4-5;;/h1-18H;1-7,13H;1-4H;;1H/q;;;+1;/p-1. The fourth-order valence-corrected chi connectivity index (χ4v) is 8.70. The molecule has 10 heteroatoms. The average molecular weight is 1100 g/mol. The van der Waals surface area contributed by atoms with Crippen LogP contribution < -0.4 is 0 Å². The molecule has 0 radical (unpaired) electrons. The number of aromatic nitrogens is 6. The van der Waals surface area contributed by atoms with Gasteiger partial charge in [0.05, 0.1) is 44.1 Å². The first-order chi connectivity index (χ1) is 27.1. The SMILES string of the molecule is Ic1cccc(I)c1.[Cu][I].c1cc(-n2c3ccccc3c3ncccc32)cc(-n2c3ccccc3c3ncccc32)c1.c1ccc2c(c1)[nH]c1cccnc12. The van der Waals surface area contributed by atoms with Crippen molar-refractivity contribution in [1.29, 1.82) is 0 Å². The van der Waals surface area contributed by atoms with Crippen molar-refractivity contribution in [2.24, 2.45) is 0 Å². The minimum absolute atomic E-state index is 1.02. The Labute approximate surface area is 364 Å². The van der Waals surface area contributed by atoms with Crippen molar-refractivity contribution in [1.82, 2.24) is 29.1 Å². The van der Waals surface area contributed by atoms with Crippen molar-refractivity contribution in [3.63, 3.8) is 0 Å². The predicted octanol–water partition coefficient (Wildman–Crippen LogP) is 13.2. The molecular weight excluding hydrogens is 1070 g/mol. The Hall–Kier alpha value is -4.34. The molecule has 6 aromatic heterocycles. The Balaban J connectivity index is 0.000000151. The van der Waals surface area contributed by atoms with E-state index in [0.717, 1.165) is 71.8 Å². The number of fused-ring (bicyclic) bond motifs is 9. The fraction of sp³-hybridized carbons (Fsp3) is 0. The normalized spacial score (nSPS) is 10.9. The van der Waals surface area contributed by atoms with Crippen molar-refractivity contribution in [3.05, 3.63) is 183 Å². The van der Waals surface area contributed by atoms with Crippen LogP contribution in [-0.4, -0.2) is 29.1 Å². The van der Waals surface area contributed by atoms with Gasteiger partial charge in [-0.1, -0.05) is 66.7 Å². The first-order valence-corrected chi connectivity index (χ1v) is 22.5. The van der Waals surface area contributed by atoms with Crippen molar-refractivity contribution in [2.75, 3.05) is 0 Å². The number of hydrogen-bond acceptors (Lipinski definition) is 3. The summed E-state index contributed by atoms with van der Waals surface area (Å²) in [5.74, 6) is 0. The number of hydrogen-bond donors (Lipinski definition) is 1. The maximum atomic E-state index is 4.68. The van der Waals surface area contributed by atoms with Crippen LogP contribution in [0.15, 0.2) is 176 Å². The molecule has 0 amide bonds. The third kappa shape index (κ3) is 7.62. The minimum Gasteiger partial charge on any atom is -0.353 e. The van der Waals surface area contributed by atoms with Gasteiger partial charge in [-0.15, -0.1) is 0 Å². The summed E-state index contributed by atoms with van der Waals surface area (Å²) in [4.78, 5) is 17.0. The summed E-state index contributed by atoms with van der Waals surface area (Å²) in [5.41, 5.74) is 12.1. The molecule has 272 valence electrons. The molecule has 0 saturated heterocycles. The third-order valence-corrected chi connectivity index (χ3v) is 10.6. The van der Waals surface area contributed by atoms with Crippen LogP contribution in [0.2, 0.25) is 0 Å². The van der Waals surface area contributed by atoms with E-state index >= 15 is 0 Å². The van der Waals surface area contributed by atoms with E-state index in [1.54, 1.807) is 20.3 Å². The first-order valence-electron chi connectivity index (χ1n) is 17.3. The van der Waals surface area contributed by atoms with E-state index in [1.807, 2.05) is 55.0 Å². The van der Waals surface area contributed by atoms with Crippen LogP contribution in [0.1, 0.15) is 0 Å². The second-order valence-electron chi connectivity index (χ2n) is 12.5. The van der Waals surface area contributed by atoms with Crippen LogP contribution in [0, 0.1) is 7.14 Å². The third-order valence-electron chi connectivity index (χ3n) is 9.25. The molecule has 0 atom stereocenters. The Kier molecular flexibility index (Phi) is 11.8. The Morgan fingerprint density at radius 1 is 0.400 bits per heavy atom. The van der Waals surface area contributed by atoms with Crippen LogP contribution in [0.5, 0.6) is 0 Å². The molecule has 0 aliphatic rings. The van der Waals surface area contributed by atoms with Crippen molar-refractivity contribution in [2.45, 2.75) is 0 Å². The quantitative estimate of drug-likeness (QED) is 0.139. The zero-order valence-corrected chi connectivity index (χ0v) is 36.3. The Morgan fingerprint density at radius 3 is 1.38 bits per heavy atom. The van der Waals surface area contributed by atoms with Crippen LogP contribution in [0.4, 0.5) is 0 Å². The van der Waals surface area contributed by atoms with Crippen molar-refractivity contribution >= 4 is 131 Å². The summed E-state index contributed by atoms with van der Waals surface area (Å²) in [6.07, 6.45) is 5.55. The minimum atomic E-state index is 1.02. The van der Waals surface area contributed by atoms with Crippen LogP contribution in [0.25, 0.3) is 77.2 Å². The smallest absolute Gasteiger partial charge is 0.0963 e. The number of benzene rings is 5. The summed E-state index contributed by atoms with van der Waals surface area (Å²) in [6.45, 7) is 0. The molecule has 0 bridgehead atoms. The predicted molar refractivity (Wildman–Crippen MR) is 250 cm³/mol. The number of aromatic amines is 1. The number of nitrogens with zero attached hydrogens (tertiary/aromatic N) is 5. The topological polar surface area (TPSA) is 64.3 Å². The summed E-state index contributed by atoms with van der Waals surface area (Å²) in [5, 5.41) is 3.52. The molecule has 0 spiro atoms. The molecule has 0 aliphatic carbocycles. The van der Waals surface area contributed by atoms with Crippen LogP contribution in [0.3, 0.4) is 0 Å². The maximum Gasteiger partial charge on any atom is 0.0963 e. The summed E-state index contributed by atoms with van der Waals surface area (Å²) < 4.78 is 7.20. The van der Waals surface area contributed by atoms with Crippen LogP contribution >= 0.6 is 65.5 Å². The number of halogens is 3. The molecule has 0 fully saturated rings. The second kappa shape index (κ2) is 17.2. The van der Waals surface area contributed by atoms with E-state index in [9.17, 15) is 0 Å². The zero-order valence-electron chi connectivity index (χ0n) is 28.9. The van der Waals surface area contributed by atoms with Gasteiger partial charge in [0.1, 0.15) is 0 Å². The van der Waals surface area contributed by atoms with Gasteiger partial charge in [-0.25, -0.2) is 0 Å². The summed E-state index contributed by atoms with van der Waals surface area (Å²) >= 11 is 10.5. The van der Waals surface area contributed by atoms with Gasteiger partial charge in [0.2, 0.25) is 0 Å². The number of nitrogens with one attached hydrogen (secondary N) is 1. The van der Waals surface area contributed by atoms with E-state index in [0.29, 0.717) is 0 Å². The number of para-hydroxylation sites is 3. The maximum absolute atomic E-state index is 4.68. The van der Waals surface area contributed by atoms with Crippen molar-refractivity contribution in [3.8, 4) is 11.4 Å². The van der Waals surface area contributed by atoms with Gasteiger partial charge in [-0.2, -0.15) is 0 Å². The fourth-order valence-electron chi connectivity index (χ4n) is 7.02. The Morgan fingerprint density at radius 2 is 0.836 bits per heavy atom. The van der Waals surface area contributed by atoms with E-state index in [1.165, 1.54) is 12.5 Å². The average Bonchev–Trinajstić information content (AvgIpc) is 3.90. The van der Waals surface area contributed by atoms with E-state index < -0.39 is 0 Å². The van der Waals surface area contributed by atoms with Gasteiger partial charge in [-0.05, 0) is 136 Å². The monoisotopic (exact) mass is 1100 g/mol. The first kappa shape index (κ1) is 37.6. The van der Waals surface area contributed by atoms with E-state index in [2.05, 4.69) is 208 Å². The summed E-state index contributed by atoms with van der Waals surface area (Å²) in [7, 11) is 0. The molecule has 0 aliphatic heterocycles. The number of rotatable bonds is 2. The molecule has 0 unspecified atom stereocenters. The van der Waals surface area contributed by atoms with E-state index in [4.69, 9.17) is 0 Å². The molecule has 0 saturated carbocycles. The van der Waals surface area contributed by atoms with Gasteiger partial charge >= 0.3 is 33.1 Å². The number of pyridine rings is 3. The van der Waals surface area contributed by atoms with Crippen LogP contribution in [-0.2, 0) is 12.8 Å². The zero-order chi connectivity index (χ0) is 37.7. The molecule has 55 heavy (non-hydrogen) atoms. The molecule has 6 heterocycles. The summed E-state index contributed by atoms with van der Waals surface area (Å²) in [6, 6.07) is 54.5. The van der Waals surface area contributed by atoms with Gasteiger partial charge in [0.15, 0.2) is 0 Å². The molecule has 1 N–H and O–H groups in total. The van der Waals surface area contributed by atoms with Gasteiger partial charge in [-0.3, -0.25) is 15.0 Å². The molecular formula is C45H30CuI3N6. The van der Waals surface area contributed by atoms with Gasteiger partial charge in [0, 0.05) is 58.8 Å².